The molecule has 0 atom stereocenters. The van der Waals surface area contributed by atoms with E-state index in [0.717, 1.165) is 0 Å². The Balaban J connectivity index is 2.51. The van der Waals surface area contributed by atoms with Crippen LogP contribution in [0, 0.1) is 6.92 Å². The maximum absolute atomic E-state index is 12.4. The van der Waals surface area contributed by atoms with Gasteiger partial charge < -0.3 is 10.2 Å². The second-order valence-electron chi connectivity index (χ2n) is 4.41. The number of aromatic nitrogens is 1. The van der Waals surface area contributed by atoms with E-state index < -0.39 is 5.91 Å². The van der Waals surface area contributed by atoms with Crippen molar-refractivity contribution in [1.29, 1.82) is 0 Å². The molecule has 3 rings (SSSR count). The van der Waals surface area contributed by atoms with Crippen molar-refractivity contribution in [1.82, 2.24) is 4.98 Å². The number of hydrogen-bond donors (Lipinski definition) is 1. The monoisotopic (exact) mass is 288 g/mol. The molecule has 1 aromatic carbocycles. The highest BCUT2D eigenvalue weighted by molar-refractivity contribution is 6.31. The van der Waals surface area contributed by atoms with Crippen molar-refractivity contribution >= 4 is 39.6 Å². The molecule has 0 unspecified atom stereocenters. The number of hydrogen-bond acceptors (Lipinski definition) is 4. The van der Waals surface area contributed by atoms with Crippen molar-refractivity contribution in [2.45, 2.75) is 6.92 Å². The summed E-state index contributed by atoms with van der Waals surface area (Å²) in [4.78, 5) is 27.9. The molecule has 0 saturated heterocycles. The van der Waals surface area contributed by atoms with Gasteiger partial charge in [0.05, 0.1) is 22.0 Å². The number of aryl methyl sites for hydroxylation is 1. The molecule has 0 aliphatic heterocycles. The van der Waals surface area contributed by atoms with Gasteiger partial charge in [-0.15, -0.1) is 0 Å². The number of primary amides is 1. The Hall–Kier alpha value is -2.40. The van der Waals surface area contributed by atoms with Crippen LogP contribution in [0.2, 0.25) is 5.02 Å². The van der Waals surface area contributed by atoms with E-state index in [4.69, 9.17) is 21.8 Å². The zero-order chi connectivity index (χ0) is 14.4. The molecule has 1 amide bonds. The molecule has 3 aromatic rings. The van der Waals surface area contributed by atoms with Crippen molar-refractivity contribution in [3.05, 3.63) is 50.8 Å². The van der Waals surface area contributed by atoms with Crippen molar-refractivity contribution < 1.29 is 9.21 Å². The number of rotatable bonds is 1. The van der Waals surface area contributed by atoms with E-state index in [1.807, 2.05) is 0 Å². The second-order valence-corrected chi connectivity index (χ2v) is 4.85. The van der Waals surface area contributed by atoms with Gasteiger partial charge in [0.1, 0.15) is 5.58 Å². The van der Waals surface area contributed by atoms with Crippen LogP contribution in [0.3, 0.4) is 0 Å². The van der Waals surface area contributed by atoms with Crippen LogP contribution < -0.4 is 11.2 Å². The Morgan fingerprint density at radius 2 is 2.05 bits per heavy atom. The molecule has 0 radical (unpaired) electrons. The predicted octanol–water partition coefficient (Wildman–Crippen LogP) is 2.40. The SMILES string of the molecule is Cc1nc2oc3ccc(Cl)cc3c(=O)c2cc1C(N)=O. The van der Waals surface area contributed by atoms with Gasteiger partial charge in [-0.05, 0) is 31.2 Å². The largest absolute Gasteiger partial charge is 0.437 e. The molecule has 0 bridgehead atoms. The van der Waals surface area contributed by atoms with Gasteiger partial charge >= 0.3 is 0 Å². The first-order valence-corrected chi connectivity index (χ1v) is 6.18. The van der Waals surface area contributed by atoms with Gasteiger partial charge in [0.25, 0.3) is 5.91 Å². The number of benzene rings is 1. The van der Waals surface area contributed by atoms with E-state index in [-0.39, 0.29) is 22.1 Å². The Morgan fingerprint density at radius 3 is 2.75 bits per heavy atom. The molecule has 2 heterocycles. The van der Waals surface area contributed by atoms with Crippen molar-refractivity contribution in [2.75, 3.05) is 0 Å². The highest BCUT2D eigenvalue weighted by Gasteiger charge is 2.14. The third kappa shape index (κ3) is 1.83. The lowest BCUT2D eigenvalue weighted by atomic mass is 10.1. The minimum atomic E-state index is -0.637. The fraction of sp³-hybridized carbons (Fsp3) is 0.0714. The van der Waals surface area contributed by atoms with Crippen LogP contribution in [0.1, 0.15) is 16.1 Å². The van der Waals surface area contributed by atoms with Crippen molar-refractivity contribution in [2.24, 2.45) is 5.73 Å². The van der Waals surface area contributed by atoms with E-state index in [1.165, 1.54) is 12.1 Å². The van der Waals surface area contributed by atoms with Crippen LogP contribution in [0.25, 0.3) is 22.1 Å². The summed E-state index contributed by atoms with van der Waals surface area (Å²) in [6.07, 6.45) is 0. The lowest BCUT2D eigenvalue weighted by Gasteiger charge is -2.05. The summed E-state index contributed by atoms with van der Waals surface area (Å²) in [5.41, 5.74) is 6.15. The van der Waals surface area contributed by atoms with Crippen molar-refractivity contribution in [3.63, 3.8) is 0 Å². The summed E-state index contributed by atoms with van der Waals surface area (Å²) in [6, 6.07) is 6.17. The molecule has 5 nitrogen and oxygen atoms in total. The minimum absolute atomic E-state index is 0.173. The van der Waals surface area contributed by atoms with E-state index in [0.29, 0.717) is 21.7 Å². The first kappa shape index (κ1) is 12.6. The van der Waals surface area contributed by atoms with E-state index >= 15 is 0 Å². The zero-order valence-corrected chi connectivity index (χ0v) is 11.2. The third-order valence-electron chi connectivity index (χ3n) is 3.08. The van der Waals surface area contributed by atoms with Crippen LogP contribution >= 0.6 is 11.6 Å². The van der Waals surface area contributed by atoms with Crippen LogP contribution in [0.4, 0.5) is 0 Å². The molecular weight excluding hydrogens is 280 g/mol. The smallest absolute Gasteiger partial charge is 0.250 e. The highest BCUT2D eigenvalue weighted by Crippen LogP contribution is 2.22. The normalized spacial score (nSPS) is 11.1. The van der Waals surface area contributed by atoms with Gasteiger partial charge in [0.2, 0.25) is 11.1 Å². The average Bonchev–Trinajstić information content (AvgIpc) is 2.39. The molecular formula is C14H9ClN2O3. The number of halogens is 1. The fourth-order valence-corrected chi connectivity index (χ4v) is 2.26. The van der Waals surface area contributed by atoms with Crippen LogP contribution in [0.5, 0.6) is 0 Å². The van der Waals surface area contributed by atoms with Gasteiger partial charge in [-0.25, -0.2) is 4.98 Å². The molecule has 0 saturated carbocycles. The van der Waals surface area contributed by atoms with E-state index in [1.54, 1.807) is 19.1 Å². The molecule has 100 valence electrons. The third-order valence-corrected chi connectivity index (χ3v) is 3.32. The molecule has 0 fully saturated rings. The van der Waals surface area contributed by atoms with Crippen LogP contribution in [0.15, 0.2) is 33.5 Å². The number of pyridine rings is 1. The lowest BCUT2D eigenvalue weighted by Crippen LogP contribution is -2.15. The zero-order valence-electron chi connectivity index (χ0n) is 10.4. The summed E-state index contributed by atoms with van der Waals surface area (Å²) in [6.45, 7) is 1.63. The molecule has 20 heavy (non-hydrogen) atoms. The topological polar surface area (TPSA) is 86.2 Å². The molecule has 0 aliphatic carbocycles. The number of amides is 1. The Morgan fingerprint density at radius 1 is 1.30 bits per heavy atom. The first-order valence-electron chi connectivity index (χ1n) is 5.81. The Labute approximate surface area is 118 Å². The molecule has 0 aliphatic rings. The molecule has 2 N–H and O–H groups in total. The first-order chi connectivity index (χ1) is 9.47. The minimum Gasteiger partial charge on any atom is -0.437 e. The van der Waals surface area contributed by atoms with Crippen LogP contribution in [-0.4, -0.2) is 10.9 Å². The van der Waals surface area contributed by atoms with Gasteiger partial charge in [0, 0.05) is 5.02 Å². The average molecular weight is 289 g/mol. The van der Waals surface area contributed by atoms with Gasteiger partial charge in [-0.2, -0.15) is 0 Å². The molecule has 6 heteroatoms. The summed E-state index contributed by atoms with van der Waals surface area (Å²) in [7, 11) is 0. The summed E-state index contributed by atoms with van der Waals surface area (Å²) in [5, 5.41) is 0.976. The number of nitrogens with zero attached hydrogens (tertiary/aromatic N) is 1. The fourth-order valence-electron chi connectivity index (χ4n) is 2.09. The Bertz CT molecular complexity index is 931. The number of carbonyl (C=O) groups is 1. The molecule has 0 spiro atoms. The van der Waals surface area contributed by atoms with E-state index in [2.05, 4.69) is 4.98 Å². The summed E-state index contributed by atoms with van der Waals surface area (Å²) < 4.78 is 5.58. The summed E-state index contributed by atoms with van der Waals surface area (Å²) in [5.74, 6) is -0.637. The number of nitrogens with two attached hydrogens (primary N) is 1. The quantitative estimate of drug-likeness (QED) is 0.697. The number of fused-ring (bicyclic) bond motifs is 2. The number of carbonyl (C=O) groups excluding carboxylic acids is 1. The summed E-state index contributed by atoms with van der Waals surface area (Å²) >= 11 is 5.88. The maximum Gasteiger partial charge on any atom is 0.250 e. The predicted molar refractivity (Wildman–Crippen MR) is 76.0 cm³/mol. The second kappa shape index (κ2) is 4.31. The lowest BCUT2D eigenvalue weighted by molar-refractivity contribution is 0.0999. The van der Waals surface area contributed by atoms with Crippen molar-refractivity contribution in [3.8, 4) is 0 Å². The standard InChI is InChI=1S/C14H9ClN2O3/c1-6-8(13(16)19)5-10-12(18)9-4-7(15)2-3-11(9)20-14(10)17-6/h2-5H,1H3,(H2,16,19). The van der Waals surface area contributed by atoms with Crippen LogP contribution in [-0.2, 0) is 0 Å². The van der Waals surface area contributed by atoms with Gasteiger partial charge in [0.15, 0.2) is 0 Å². The van der Waals surface area contributed by atoms with Gasteiger partial charge in [-0.1, -0.05) is 11.6 Å². The van der Waals surface area contributed by atoms with E-state index in [9.17, 15) is 9.59 Å². The Kier molecular flexibility index (Phi) is 2.72. The molecule has 2 aromatic heterocycles. The highest BCUT2D eigenvalue weighted by atomic mass is 35.5. The van der Waals surface area contributed by atoms with Gasteiger partial charge in [-0.3, -0.25) is 9.59 Å². The maximum atomic E-state index is 12.4.